The lowest BCUT2D eigenvalue weighted by molar-refractivity contribution is 0.298. The molecule has 26 heavy (non-hydrogen) atoms. The van der Waals surface area contributed by atoms with E-state index >= 15 is 0 Å². The summed E-state index contributed by atoms with van der Waals surface area (Å²) in [6, 6.07) is 8.43. The number of aromatic nitrogens is 1. The Labute approximate surface area is 160 Å². The molecule has 0 fully saturated rings. The number of likely N-dealkylation sites (N-methyl/N-ethyl adjacent to an activating group) is 1. The van der Waals surface area contributed by atoms with Crippen molar-refractivity contribution in [3.63, 3.8) is 0 Å². The molecule has 0 aliphatic rings. The van der Waals surface area contributed by atoms with Crippen LogP contribution in [0.4, 0.5) is 0 Å². The van der Waals surface area contributed by atoms with Crippen LogP contribution < -0.4 is 15.4 Å². The van der Waals surface area contributed by atoms with Gasteiger partial charge in [-0.15, -0.1) is 11.3 Å². The number of hydrogen-bond acceptors (Lipinski definition) is 5. The molecule has 0 radical (unpaired) electrons. The minimum Gasteiger partial charge on any atom is -0.497 e. The molecule has 0 amide bonds. The van der Waals surface area contributed by atoms with Crippen molar-refractivity contribution in [3.05, 3.63) is 45.9 Å². The van der Waals surface area contributed by atoms with E-state index in [0.29, 0.717) is 6.54 Å². The molecule has 1 aromatic heterocycles. The first-order valence-electron chi connectivity index (χ1n) is 8.77. The number of nitrogens with zero attached hydrogens (tertiary/aromatic N) is 3. The molecule has 2 N–H and O–H groups in total. The van der Waals surface area contributed by atoms with Crippen molar-refractivity contribution in [3.8, 4) is 5.75 Å². The van der Waals surface area contributed by atoms with Crippen LogP contribution in [0.5, 0.6) is 5.75 Å². The van der Waals surface area contributed by atoms with E-state index in [9.17, 15) is 0 Å². The molecule has 0 spiro atoms. The second kappa shape index (κ2) is 10.1. The zero-order valence-electron chi connectivity index (χ0n) is 16.2. The average molecular weight is 376 g/mol. The van der Waals surface area contributed by atoms with E-state index in [2.05, 4.69) is 65.6 Å². The summed E-state index contributed by atoms with van der Waals surface area (Å²) in [7, 11) is 5.85. The predicted molar refractivity (Wildman–Crippen MR) is 109 cm³/mol. The number of hydrogen-bond donors (Lipinski definition) is 2. The number of thiazole rings is 1. The third-order valence-corrected chi connectivity index (χ3v) is 4.87. The Balaban J connectivity index is 2.03. The molecular weight excluding hydrogens is 346 g/mol. The quantitative estimate of drug-likeness (QED) is 0.549. The molecule has 1 atom stereocenters. The van der Waals surface area contributed by atoms with Crippen LogP contribution >= 0.6 is 11.3 Å². The number of rotatable bonds is 8. The average Bonchev–Trinajstić information content (AvgIpc) is 3.05. The van der Waals surface area contributed by atoms with Crippen molar-refractivity contribution < 1.29 is 4.74 Å². The number of aliphatic imine (C=N–C) groups is 1. The van der Waals surface area contributed by atoms with Crippen LogP contribution in [0, 0.1) is 6.92 Å². The molecule has 0 saturated heterocycles. The Morgan fingerprint density at radius 2 is 2.00 bits per heavy atom. The van der Waals surface area contributed by atoms with Crippen LogP contribution in [0.2, 0.25) is 0 Å². The number of nitrogens with one attached hydrogen (secondary N) is 2. The third kappa shape index (κ3) is 6.00. The summed E-state index contributed by atoms with van der Waals surface area (Å²) in [5.41, 5.74) is 1.23. The molecule has 1 heterocycles. The smallest absolute Gasteiger partial charge is 0.191 e. The van der Waals surface area contributed by atoms with Gasteiger partial charge in [-0.3, -0.25) is 0 Å². The van der Waals surface area contributed by atoms with Gasteiger partial charge in [-0.2, -0.15) is 0 Å². The normalized spacial score (nSPS) is 12.9. The molecule has 1 unspecified atom stereocenters. The fourth-order valence-electron chi connectivity index (χ4n) is 2.58. The SMILES string of the molecule is CCNC(=NCc1ncc(C)s1)NCC(c1ccc(OC)cc1)N(C)C. The van der Waals surface area contributed by atoms with Gasteiger partial charge in [0.2, 0.25) is 0 Å². The molecule has 0 saturated carbocycles. The molecule has 2 rings (SSSR count). The van der Waals surface area contributed by atoms with Gasteiger partial charge in [0.25, 0.3) is 0 Å². The Hall–Kier alpha value is -2.12. The highest BCUT2D eigenvalue weighted by Crippen LogP contribution is 2.20. The first kappa shape index (κ1) is 20.2. The molecule has 1 aromatic carbocycles. The largest absolute Gasteiger partial charge is 0.497 e. The molecule has 0 bridgehead atoms. The maximum absolute atomic E-state index is 5.25. The van der Waals surface area contributed by atoms with Crippen LogP contribution in [0.3, 0.4) is 0 Å². The Morgan fingerprint density at radius 3 is 2.54 bits per heavy atom. The van der Waals surface area contributed by atoms with Gasteiger partial charge < -0.3 is 20.3 Å². The number of benzene rings is 1. The van der Waals surface area contributed by atoms with Gasteiger partial charge in [0.15, 0.2) is 5.96 Å². The maximum atomic E-state index is 5.25. The van der Waals surface area contributed by atoms with Crippen LogP contribution in [0.1, 0.15) is 28.4 Å². The molecule has 0 aliphatic heterocycles. The van der Waals surface area contributed by atoms with Crippen molar-refractivity contribution in [1.29, 1.82) is 0 Å². The topological polar surface area (TPSA) is 61.8 Å². The van der Waals surface area contributed by atoms with Gasteiger partial charge >= 0.3 is 0 Å². The highest BCUT2D eigenvalue weighted by atomic mass is 32.1. The highest BCUT2D eigenvalue weighted by molar-refractivity contribution is 7.11. The highest BCUT2D eigenvalue weighted by Gasteiger charge is 2.15. The zero-order chi connectivity index (χ0) is 18.9. The molecule has 7 heteroatoms. The molecule has 142 valence electrons. The molecule has 0 aliphatic carbocycles. The van der Waals surface area contributed by atoms with E-state index in [1.54, 1.807) is 18.4 Å². The standard InChI is InChI=1S/C19H29N5OS/c1-6-20-19(23-13-18-21-11-14(2)26-18)22-12-17(24(3)4)15-7-9-16(25-5)10-8-15/h7-11,17H,6,12-13H2,1-5H3,(H2,20,22,23). The van der Waals surface area contributed by atoms with E-state index in [1.165, 1.54) is 10.4 Å². The van der Waals surface area contributed by atoms with E-state index in [0.717, 1.165) is 29.8 Å². The summed E-state index contributed by atoms with van der Waals surface area (Å²) < 4.78 is 5.25. The van der Waals surface area contributed by atoms with Gasteiger partial charge in [0.05, 0.1) is 19.7 Å². The fraction of sp³-hybridized carbons (Fsp3) is 0.474. The summed E-state index contributed by atoms with van der Waals surface area (Å²) in [5.74, 6) is 1.67. The number of methoxy groups -OCH3 is 1. The molecule has 6 nitrogen and oxygen atoms in total. The van der Waals surface area contributed by atoms with Crippen LogP contribution in [0.25, 0.3) is 0 Å². The van der Waals surface area contributed by atoms with Gasteiger partial charge in [0, 0.05) is 24.2 Å². The monoisotopic (exact) mass is 375 g/mol. The third-order valence-electron chi connectivity index (χ3n) is 3.97. The van der Waals surface area contributed by atoms with Crippen LogP contribution in [-0.2, 0) is 6.54 Å². The van der Waals surface area contributed by atoms with Crippen molar-refractivity contribution in [2.24, 2.45) is 4.99 Å². The van der Waals surface area contributed by atoms with Gasteiger partial charge in [0.1, 0.15) is 10.8 Å². The summed E-state index contributed by atoms with van der Waals surface area (Å²) in [5, 5.41) is 7.78. The fourth-order valence-corrected chi connectivity index (χ4v) is 3.29. The summed E-state index contributed by atoms with van der Waals surface area (Å²) >= 11 is 1.68. The van der Waals surface area contributed by atoms with Crippen LogP contribution in [-0.4, -0.2) is 50.1 Å². The van der Waals surface area contributed by atoms with Crippen molar-refractivity contribution in [2.45, 2.75) is 26.4 Å². The number of guanidine groups is 1. The second-order valence-electron chi connectivity index (χ2n) is 6.19. The minimum absolute atomic E-state index is 0.229. The van der Waals surface area contributed by atoms with E-state index in [4.69, 9.17) is 4.74 Å². The minimum atomic E-state index is 0.229. The van der Waals surface area contributed by atoms with E-state index in [1.807, 2.05) is 18.3 Å². The first-order valence-corrected chi connectivity index (χ1v) is 9.59. The first-order chi connectivity index (χ1) is 12.5. The molecular formula is C19H29N5OS. The maximum Gasteiger partial charge on any atom is 0.191 e. The van der Waals surface area contributed by atoms with Gasteiger partial charge in [-0.25, -0.2) is 9.98 Å². The van der Waals surface area contributed by atoms with Gasteiger partial charge in [-0.1, -0.05) is 12.1 Å². The summed E-state index contributed by atoms with van der Waals surface area (Å²) in [6.07, 6.45) is 1.89. The molecule has 2 aromatic rings. The number of aryl methyl sites for hydroxylation is 1. The lowest BCUT2D eigenvalue weighted by Gasteiger charge is -2.26. The Bertz CT molecular complexity index is 696. The van der Waals surface area contributed by atoms with Crippen molar-refractivity contribution >= 4 is 17.3 Å². The second-order valence-corrected chi connectivity index (χ2v) is 7.51. The van der Waals surface area contributed by atoms with Crippen molar-refractivity contribution in [1.82, 2.24) is 20.5 Å². The van der Waals surface area contributed by atoms with Crippen molar-refractivity contribution in [2.75, 3.05) is 34.3 Å². The lowest BCUT2D eigenvalue weighted by Crippen LogP contribution is -2.41. The Kier molecular flexibility index (Phi) is 7.87. The zero-order valence-corrected chi connectivity index (χ0v) is 17.1. The van der Waals surface area contributed by atoms with E-state index < -0.39 is 0 Å². The Morgan fingerprint density at radius 1 is 1.27 bits per heavy atom. The lowest BCUT2D eigenvalue weighted by atomic mass is 10.1. The summed E-state index contributed by atoms with van der Waals surface area (Å²) in [4.78, 5) is 12.4. The number of ether oxygens (including phenoxy) is 1. The van der Waals surface area contributed by atoms with E-state index in [-0.39, 0.29) is 6.04 Å². The summed E-state index contributed by atoms with van der Waals surface area (Å²) in [6.45, 7) is 6.28. The predicted octanol–water partition coefficient (Wildman–Crippen LogP) is 2.82. The van der Waals surface area contributed by atoms with Gasteiger partial charge in [-0.05, 0) is 45.6 Å². The van der Waals surface area contributed by atoms with Crippen LogP contribution in [0.15, 0.2) is 35.5 Å².